The third kappa shape index (κ3) is 0.941. The van der Waals surface area contributed by atoms with Gasteiger partial charge in [0.25, 0.3) is 6.43 Å². The Morgan fingerprint density at radius 2 is 2.00 bits per heavy atom. The zero-order valence-corrected chi connectivity index (χ0v) is 7.53. The first-order valence-corrected chi connectivity index (χ1v) is 3.90. The van der Waals surface area contributed by atoms with Gasteiger partial charge in [0, 0.05) is 0 Å². The minimum Gasteiger partial charge on any atom is -0.481 e. The molecule has 0 aromatic heterocycles. The molecular formula is C6H6Cl2F2O2. The molecule has 0 heterocycles. The van der Waals surface area contributed by atoms with E-state index in [-0.39, 0.29) is 0 Å². The lowest BCUT2D eigenvalue weighted by atomic mass is 10.3. The van der Waals surface area contributed by atoms with Gasteiger partial charge in [-0.1, -0.05) is 0 Å². The van der Waals surface area contributed by atoms with E-state index in [1.165, 1.54) is 6.92 Å². The molecule has 0 bridgehead atoms. The molecule has 1 aliphatic rings. The first-order chi connectivity index (χ1) is 5.26. The molecule has 0 aromatic rings. The lowest BCUT2D eigenvalue weighted by Crippen LogP contribution is -2.22. The van der Waals surface area contributed by atoms with Gasteiger partial charge >= 0.3 is 5.97 Å². The number of aliphatic carboxylic acids is 1. The van der Waals surface area contributed by atoms with E-state index in [9.17, 15) is 13.6 Å². The van der Waals surface area contributed by atoms with E-state index < -0.39 is 28.1 Å². The van der Waals surface area contributed by atoms with Crippen molar-refractivity contribution in [1.82, 2.24) is 0 Å². The van der Waals surface area contributed by atoms with Gasteiger partial charge in [0.15, 0.2) is 0 Å². The molecule has 0 radical (unpaired) electrons. The summed E-state index contributed by atoms with van der Waals surface area (Å²) in [5.74, 6) is -2.77. The van der Waals surface area contributed by atoms with Gasteiger partial charge in [0.1, 0.15) is 10.8 Å². The van der Waals surface area contributed by atoms with E-state index in [1.54, 1.807) is 0 Å². The second-order valence-electron chi connectivity index (χ2n) is 2.92. The minimum atomic E-state index is -2.93. The summed E-state index contributed by atoms with van der Waals surface area (Å²) in [4.78, 5) is 6.74. The summed E-state index contributed by atoms with van der Waals surface area (Å²) in [6.07, 6.45) is -2.93. The van der Waals surface area contributed by atoms with Gasteiger partial charge in [-0.3, -0.25) is 4.79 Å². The third-order valence-corrected chi connectivity index (χ3v) is 3.60. The maximum atomic E-state index is 12.2. The van der Waals surface area contributed by atoms with Crippen LogP contribution in [-0.4, -0.2) is 27.2 Å². The van der Waals surface area contributed by atoms with Crippen LogP contribution < -0.4 is 0 Å². The Bertz CT molecular complexity index is 232. The van der Waals surface area contributed by atoms with Crippen molar-refractivity contribution in [3.8, 4) is 0 Å². The fourth-order valence-corrected chi connectivity index (χ4v) is 2.14. The fraction of sp³-hybridized carbons (Fsp3) is 0.833. The van der Waals surface area contributed by atoms with Crippen molar-refractivity contribution in [1.29, 1.82) is 0 Å². The van der Waals surface area contributed by atoms with Crippen molar-refractivity contribution in [3.05, 3.63) is 0 Å². The molecule has 1 N–H and O–H groups in total. The molecule has 1 aliphatic carbocycles. The van der Waals surface area contributed by atoms with Gasteiger partial charge in [-0.15, -0.1) is 23.2 Å². The molecule has 0 amide bonds. The second kappa shape index (κ2) is 2.45. The van der Waals surface area contributed by atoms with Crippen molar-refractivity contribution in [2.24, 2.45) is 5.92 Å². The molecule has 0 aliphatic heterocycles. The molecule has 0 aromatic carbocycles. The molecule has 1 saturated carbocycles. The van der Waals surface area contributed by atoms with Gasteiger partial charge < -0.3 is 5.11 Å². The lowest BCUT2D eigenvalue weighted by molar-refractivity contribution is -0.139. The van der Waals surface area contributed by atoms with Crippen LogP contribution >= 0.6 is 23.2 Å². The van der Waals surface area contributed by atoms with Crippen molar-refractivity contribution >= 4 is 29.2 Å². The van der Waals surface area contributed by atoms with Gasteiger partial charge in [-0.25, -0.2) is 8.78 Å². The average Bonchev–Trinajstić information content (AvgIpc) is 2.28. The first-order valence-electron chi connectivity index (χ1n) is 3.15. The Hall–Kier alpha value is -0.0900. The van der Waals surface area contributed by atoms with Gasteiger partial charge in [-0.2, -0.15) is 0 Å². The standard InChI is InChI=1S/C6H6Cl2F2O2/c1-5(7)2(3(11)12)6(5,8)4(9)10/h2,4H,1H3,(H,11,12). The summed E-state index contributed by atoms with van der Waals surface area (Å²) in [7, 11) is 0. The maximum absolute atomic E-state index is 12.2. The van der Waals surface area contributed by atoms with E-state index in [1.807, 2.05) is 0 Å². The van der Waals surface area contributed by atoms with Crippen molar-refractivity contribution in [3.63, 3.8) is 0 Å². The van der Waals surface area contributed by atoms with E-state index in [0.717, 1.165) is 0 Å². The number of carbonyl (C=O) groups is 1. The molecule has 0 spiro atoms. The van der Waals surface area contributed by atoms with Crippen LogP contribution in [0.3, 0.4) is 0 Å². The summed E-state index contributed by atoms with van der Waals surface area (Å²) in [6.45, 7) is 1.20. The van der Waals surface area contributed by atoms with Gasteiger partial charge in [0.2, 0.25) is 0 Å². The molecule has 2 nitrogen and oxygen atoms in total. The second-order valence-corrected chi connectivity index (χ2v) is 4.33. The summed E-state index contributed by atoms with van der Waals surface area (Å²) < 4.78 is 24.5. The normalized spacial score (nSPS) is 46.3. The quantitative estimate of drug-likeness (QED) is 0.720. The van der Waals surface area contributed by atoms with Crippen LogP contribution in [0.1, 0.15) is 6.92 Å². The monoisotopic (exact) mass is 218 g/mol. The molecule has 6 heteroatoms. The number of hydrogen-bond donors (Lipinski definition) is 1. The Morgan fingerprint density at radius 1 is 1.58 bits per heavy atom. The van der Waals surface area contributed by atoms with Crippen LogP contribution in [0.2, 0.25) is 0 Å². The predicted molar refractivity (Wildman–Crippen MR) is 40.0 cm³/mol. The van der Waals surface area contributed by atoms with Crippen LogP contribution in [0.5, 0.6) is 0 Å². The highest BCUT2D eigenvalue weighted by molar-refractivity contribution is 6.42. The number of carboxylic acid groups (broad SMARTS) is 1. The lowest BCUT2D eigenvalue weighted by Gasteiger charge is -2.07. The highest BCUT2D eigenvalue weighted by Gasteiger charge is 2.81. The van der Waals surface area contributed by atoms with Crippen LogP contribution in [0, 0.1) is 5.92 Å². The molecule has 12 heavy (non-hydrogen) atoms. The minimum absolute atomic E-state index is 1.20. The van der Waals surface area contributed by atoms with Crippen molar-refractivity contribution < 1.29 is 18.7 Å². The van der Waals surface area contributed by atoms with Crippen molar-refractivity contribution in [2.75, 3.05) is 0 Å². The molecule has 3 unspecified atom stereocenters. The maximum Gasteiger partial charge on any atom is 0.310 e. The Labute approximate surface area is 77.5 Å². The van der Waals surface area contributed by atoms with Crippen LogP contribution in [0.15, 0.2) is 0 Å². The molecule has 3 atom stereocenters. The smallest absolute Gasteiger partial charge is 0.310 e. The van der Waals surface area contributed by atoms with Crippen molar-refractivity contribution in [2.45, 2.75) is 23.1 Å². The largest absolute Gasteiger partial charge is 0.481 e. The molecule has 0 saturated heterocycles. The number of carboxylic acids is 1. The predicted octanol–water partition coefficient (Wildman–Crippen LogP) is 1.94. The molecular weight excluding hydrogens is 213 g/mol. The fourth-order valence-electron chi connectivity index (χ4n) is 1.32. The van der Waals surface area contributed by atoms with E-state index >= 15 is 0 Å². The number of rotatable bonds is 2. The summed E-state index contributed by atoms with van der Waals surface area (Å²) >= 11 is 10.9. The Balaban J connectivity index is 2.92. The summed E-state index contributed by atoms with van der Waals surface area (Å²) in [6, 6.07) is 0. The average molecular weight is 219 g/mol. The number of alkyl halides is 4. The van der Waals surface area contributed by atoms with Gasteiger partial charge in [-0.05, 0) is 6.92 Å². The summed E-state index contributed by atoms with van der Waals surface area (Å²) in [5, 5.41) is 8.47. The molecule has 1 fully saturated rings. The van der Waals surface area contributed by atoms with Crippen LogP contribution in [-0.2, 0) is 4.79 Å². The summed E-state index contributed by atoms with van der Waals surface area (Å²) in [5.41, 5.74) is 0. The first kappa shape index (κ1) is 9.99. The van der Waals surface area contributed by atoms with Crippen LogP contribution in [0.4, 0.5) is 8.78 Å². The van der Waals surface area contributed by atoms with E-state index in [2.05, 4.69) is 0 Å². The zero-order chi connectivity index (χ0) is 9.73. The molecule has 70 valence electrons. The zero-order valence-electron chi connectivity index (χ0n) is 6.02. The third-order valence-electron chi connectivity index (χ3n) is 2.19. The SMILES string of the molecule is CC1(Cl)C(C(=O)O)C1(Cl)C(F)F. The topological polar surface area (TPSA) is 37.3 Å². The Morgan fingerprint density at radius 3 is 2.08 bits per heavy atom. The van der Waals surface area contributed by atoms with Crippen LogP contribution in [0.25, 0.3) is 0 Å². The number of hydrogen-bond acceptors (Lipinski definition) is 1. The number of halogens is 4. The van der Waals surface area contributed by atoms with E-state index in [0.29, 0.717) is 0 Å². The highest BCUT2D eigenvalue weighted by Crippen LogP contribution is 2.66. The van der Waals surface area contributed by atoms with E-state index in [4.69, 9.17) is 28.3 Å². The van der Waals surface area contributed by atoms with Gasteiger partial charge in [0.05, 0.1) is 4.87 Å². The molecule has 1 rings (SSSR count). The highest BCUT2D eigenvalue weighted by atomic mass is 35.5. The Kier molecular flexibility index (Phi) is 2.04.